The van der Waals surface area contributed by atoms with Crippen molar-refractivity contribution in [3.63, 3.8) is 0 Å². The Morgan fingerprint density at radius 1 is 1.73 bits per heavy atom. The average Bonchev–Trinajstić information content (AvgIpc) is 2.93. The molecule has 0 aromatic carbocycles. The lowest BCUT2D eigenvalue weighted by Crippen LogP contribution is -2.43. The van der Waals surface area contributed by atoms with E-state index in [9.17, 15) is 4.79 Å². The van der Waals surface area contributed by atoms with Gasteiger partial charge in [-0.2, -0.15) is 0 Å². The molecule has 1 atom stereocenters. The van der Waals surface area contributed by atoms with Crippen LogP contribution >= 0.6 is 11.3 Å². The summed E-state index contributed by atoms with van der Waals surface area (Å²) in [6.45, 7) is 0.568. The van der Waals surface area contributed by atoms with Crippen molar-refractivity contribution in [3.8, 4) is 0 Å². The fraction of sp³-hybridized carbons (Fsp3) is 0.545. The number of likely N-dealkylation sites (N-methyl/N-ethyl adjacent to an activating group) is 1. The summed E-state index contributed by atoms with van der Waals surface area (Å²) >= 11 is 1.49. The van der Waals surface area contributed by atoms with Crippen LogP contribution in [0, 0.1) is 5.92 Å². The smallest absolute Gasteiger partial charge is 0.263 e. The lowest BCUT2D eigenvalue weighted by atomic mass is 10.1. The number of nitrogens with zero attached hydrogens (tertiary/aromatic N) is 1. The molecule has 2 N–H and O–H groups in total. The molecule has 0 aliphatic heterocycles. The van der Waals surface area contributed by atoms with Gasteiger partial charge in [-0.25, -0.2) is 0 Å². The number of nitrogens with two attached hydrogens (primary N) is 1. The zero-order valence-electron chi connectivity index (χ0n) is 8.85. The van der Waals surface area contributed by atoms with Gasteiger partial charge in [0.2, 0.25) is 0 Å². The highest BCUT2D eigenvalue weighted by Gasteiger charge is 2.35. The van der Waals surface area contributed by atoms with Gasteiger partial charge in [-0.3, -0.25) is 4.79 Å². The molecule has 1 saturated carbocycles. The number of carbonyl (C=O) groups is 1. The van der Waals surface area contributed by atoms with Crippen LogP contribution < -0.4 is 5.73 Å². The maximum absolute atomic E-state index is 12.0. The first-order chi connectivity index (χ1) is 7.24. The lowest BCUT2D eigenvalue weighted by Gasteiger charge is -2.26. The van der Waals surface area contributed by atoms with Crippen LogP contribution in [0.2, 0.25) is 0 Å². The van der Waals surface area contributed by atoms with E-state index in [0.29, 0.717) is 12.5 Å². The second-order valence-electron chi connectivity index (χ2n) is 4.03. The number of hydrogen-bond donors (Lipinski definition) is 1. The Balaban J connectivity index is 2.05. The molecular weight excluding hydrogens is 208 g/mol. The molecule has 0 radical (unpaired) electrons. The first-order valence-corrected chi connectivity index (χ1v) is 6.12. The highest BCUT2D eigenvalue weighted by molar-refractivity contribution is 7.12. The first-order valence-electron chi connectivity index (χ1n) is 5.24. The molecule has 82 valence electrons. The summed E-state index contributed by atoms with van der Waals surface area (Å²) in [4.78, 5) is 14.6. The largest absolute Gasteiger partial charge is 0.336 e. The molecule has 1 unspecified atom stereocenters. The Kier molecular flexibility index (Phi) is 3.07. The van der Waals surface area contributed by atoms with Crippen molar-refractivity contribution >= 4 is 17.2 Å². The van der Waals surface area contributed by atoms with Crippen molar-refractivity contribution in [1.82, 2.24) is 4.90 Å². The van der Waals surface area contributed by atoms with Crippen LogP contribution in [-0.4, -0.2) is 30.4 Å². The molecule has 1 aromatic rings. The second-order valence-corrected chi connectivity index (χ2v) is 4.98. The molecule has 1 heterocycles. The Labute approximate surface area is 93.9 Å². The third kappa shape index (κ3) is 2.21. The topological polar surface area (TPSA) is 46.3 Å². The lowest BCUT2D eigenvalue weighted by molar-refractivity contribution is 0.0723. The number of carbonyl (C=O) groups excluding carboxylic acids is 1. The predicted molar refractivity (Wildman–Crippen MR) is 62.0 cm³/mol. The van der Waals surface area contributed by atoms with E-state index in [1.807, 2.05) is 29.5 Å². The van der Waals surface area contributed by atoms with Crippen molar-refractivity contribution in [2.45, 2.75) is 18.9 Å². The summed E-state index contributed by atoms with van der Waals surface area (Å²) in [5.41, 5.74) is 5.72. The molecule has 1 aromatic heterocycles. The molecule has 0 bridgehead atoms. The van der Waals surface area contributed by atoms with Gasteiger partial charge in [0, 0.05) is 19.6 Å². The SMILES string of the molecule is CN(C(=O)c1cccs1)C(CN)C1CC1. The molecular formula is C11H16N2OS. The number of thiophene rings is 1. The summed E-state index contributed by atoms with van der Waals surface area (Å²) in [7, 11) is 1.86. The summed E-state index contributed by atoms with van der Waals surface area (Å²) < 4.78 is 0. The van der Waals surface area contributed by atoms with Crippen molar-refractivity contribution < 1.29 is 4.79 Å². The summed E-state index contributed by atoms with van der Waals surface area (Å²) in [5.74, 6) is 0.733. The van der Waals surface area contributed by atoms with Gasteiger partial charge in [-0.05, 0) is 30.2 Å². The van der Waals surface area contributed by atoms with E-state index in [4.69, 9.17) is 5.73 Å². The highest BCUT2D eigenvalue weighted by Crippen LogP contribution is 2.35. The van der Waals surface area contributed by atoms with Crippen LogP contribution in [0.15, 0.2) is 17.5 Å². The average molecular weight is 224 g/mol. The quantitative estimate of drug-likeness (QED) is 0.843. The molecule has 0 spiro atoms. The minimum absolute atomic E-state index is 0.104. The Bertz CT molecular complexity index is 332. The van der Waals surface area contributed by atoms with Crippen LogP contribution in [0.1, 0.15) is 22.5 Å². The van der Waals surface area contributed by atoms with Gasteiger partial charge in [0.05, 0.1) is 4.88 Å². The molecule has 1 amide bonds. The molecule has 1 aliphatic rings. The molecule has 2 rings (SSSR count). The van der Waals surface area contributed by atoms with Gasteiger partial charge < -0.3 is 10.6 Å². The van der Waals surface area contributed by atoms with E-state index in [1.165, 1.54) is 24.2 Å². The van der Waals surface area contributed by atoms with Crippen LogP contribution in [0.4, 0.5) is 0 Å². The van der Waals surface area contributed by atoms with Crippen LogP contribution in [0.25, 0.3) is 0 Å². The molecule has 3 nitrogen and oxygen atoms in total. The molecule has 15 heavy (non-hydrogen) atoms. The summed E-state index contributed by atoms with van der Waals surface area (Å²) in [6.07, 6.45) is 2.42. The molecule has 1 fully saturated rings. The zero-order chi connectivity index (χ0) is 10.8. The minimum Gasteiger partial charge on any atom is -0.336 e. The van der Waals surface area contributed by atoms with Crippen LogP contribution in [0.5, 0.6) is 0 Å². The third-order valence-electron chi connectivity index (χ3n) is 2.96. The van der Waals surface area contributed by atoms with E-state index in [2.05, 4.69) is 0 Å². The fourth-order valence-electron chi connectivity index (χ4n) is 1.87. The highest BCUT2D eigenvalue weighted by atomic mass is 32.1. The van der Waals surface area contributed by atoms with Crippen molar-refractivity contribution in [2.75, 3.05) is 13.6 Å². The monoisotopic (exact) mass is 224 g/mol. The maximum Gasteiger partial charge on any atom is 0.263 e. The number of hydrogen-bond acceptors (Lipinski definition) is 3. The van der Waals surface area contributed by atoms with Crippen LogP contribution in [0.3, 0.4) is 0 Å². The van der Waals surface area contributed by atoms with E-state index in [-0.39, 0.29) is 11.9 Å². The van der Waals surface area contributed by atoms with E-state index in [0.717, 1.165) is 4.88 Å². The van der Waals surface area contributed by atoms with Gasteiger partial charge in [0.15, 0.2) is 0 Å². The minimum atomic E-state index is 0.104. The fourth-order valence-corrected chi connectivity index (χ4v) is 2.58. The van der Waals surface area contributed by atoms with Gasteiger partial charge in [0.25, 0.3) is 5.91 Å². The summed E-state index contributed by atoms with van der Waals surface area (Å²) in [5, 5.41) is 1.93. The first kappa shape index (κ1) is 10.6. The Morgan fingerprint density at radius 2 is 2.47 bits per heavy atom. The van der Waals surface area contributed by atoms with Crippen molar-refractivity contribution in [3.05, 3.63) is 22.4 Å². The number of rotatable bonds is 4. The molecule has 4 heteroatoms. The van der Waals surface area contributed by atoms with Crippen LogP contribution in [-0.2, 0) is 0 Å². The van der Waals surface area contributed by atoms with E-state index in [1.54, 1.807) is 0 Å². The maximum atomic E-state index is 12.0. The van der Waals surface area contributed by atoms with E-state index >= 15 is 0 Å². The van der Waals surface area contributed by atoms with Gasteiger partial charge in [0.1, 0.15) is 0 Å². The number of amides is 1. The van der Waals surface area contributed by atoms with Gasteiger partial charge in [-0.15, -0.1) is 11.3 Å². The van der Waals surface area contributed by atoms with Crippen molar-refractivity contribution in [1.29, 1.82) is 0 Å². The van der Waals surface area contributed by atoms with Gasteiger partial charge in [-0.1, -0.05) is 6.07 Å². The third-order valence-corrected chi connectivity index (χ3v) is 3.82. The molecule has 1 aliphatic carbocycles. The Morgan fingerprint density at radius 3 is 2.93 bits per heavy atom. The molecule has 0 saturated heterocycles. The van der Waals surface area contributed by atoms with Gasteiger partial charge >= 0.3 is 0 Å². The summed E-state index contributed by atoms with van der Waals surface area (Å²) in [6, 6.07) is 3.99. The second kappa shape index (κ2) is 4.33. The standard InChI is InChI=1S/C11H16N2OS/c1-13(9(7-12)8-4-5-8)11(14)10-3-2-6-15-10/h2-3,6,8-9H,4-5,7,12H2,1H3. The zero-order valence-corrected chi connectivity index (χ0v) is 9.67. The normalized spacial score (nSPS) is 17.5. The van der Waals surface area contributed by atoms with Crippen molar-refractivity contribution in [2.24, 2.45) is 11.7 Å². The van der Waals surface area contributed by atoms with E-state index < -0.39 is 0 Å². The Hall–Kier alpha value is -0.870. The predicted octanol–water partition coefficient (Wildman–Crippen LogP) is 1.56.